The van der Waals surface area contributed by atoms with Gasteiger partial charge in [0.1, 0.15) is 0 Å². The summed E-state index contributed by atoms with van der Waals surface area (Å²) in [5, 5.41) is 0. The molecule has 2 aliphatic rings. The lowest BCUT2D eigenvalue weighted by atomic mass is 10.1. The average molecular weight is 338 g/mol. The summed E-state index contributed by atoms with van der Waals surface area (Å²) in [4.78, 5) is 21.1. The van der Waals surface area contributed by atoms with Crippen molar-refractivity contribution in [2.45, 2.75) is 31.7 Å². The molecule has 20 heavy (non-hydrogen) atoms. The monoisotopic (exact) mass is 337 g/mol. The lowest BCUT2D eigenvalue weighted by Crippen LogP contribution is -2.41. The van der Waals surface area contributed by atoms with Crippen molar-refractivity contribution in [3.63, 3.8) is 0 Å². The number of amides is 1. The van der Waals surface area contributed by atoms with Gasteiger partial charge in [0, 0.05) is 36.0 Å². The molecule has 2 aliphatic heterocycles. The van der Waals surface area contributed by atoms with Crippen LogP contribution in [0.15, 0.2) is 22.9 Å². The summed E-state index contributed by atoms with van der Waals surface area (Å²) in [5.41, 5.74) is 0.679. The third-order valence-corrected chi connectivity index (χ3v) is 4.74. The van der Waals surface area contributed by atoms with Crippen molar-refractivity contribution in [1.29, 1.82) is 0 Å². The van der Waals surface area contributed by atoms with Gasteiger partial charge in [-0.2, -0.15) is 0 Å². The standard InChI is InChI=1S/C15H20BrN3O/c16-13-8-12(9-17-10-13)15(20)19-7-4-14(11-19)18-5-2-1-3-6-18/h8-10,14H,1-7,11H2. The van der Waals surface area contributed by atoms with E-state index in [4.69, 9.17) is 0 Å². The Morgan fingerprint density at radius 3 is 2.75 bits per heavy atom. The van der Waals surface area contributed by atoms with Crippen molar-refractivity contribution in [3.05, 3.63) is 28.5 Å². The third kappa shape index (κ3) is 3.04. The number of hydrogen-bond donors (Lipinski definition) is 0. The number of pyridine rings is 1. The minimum Gasteiger partial charge on any atom is -0.337 e. The highest BCUT2D eigenvalue weighted by Crippen LogP contribution is 2.22. The van der Waals surface area contributed by atoms with Gasteiger partial charge in [0.2, 0.25) is 0 Å². The van der Waals surface area contributed by atoms with E-state index in [2.05, 4.69) is 25.8 Å². The normalized spacial score (nSPS) is 24.1. The number of halogens is 1. The molecule has 2 saturated heterocycles. The zero-order chi connectivity index (χ0) is 13.9. The number of nitrogens with zero attached hydrogens (tertiary/aromatic N) is 3. The number of likely N-dealkylation sites (tertiary alicyclic amines) is 2. The van der Waals surface area contributed by atoms with E-state index in [0.29, 0.717) is 11.6 Å². The topological polar surface area (TPSA) is 36.4 Å². The molecule has 3 heterocycles. The molecule has 1 aromatic heterocycles. The second kappa shape index (κ2) is 6.22. The van der Waals surface area contributed by atoms with Crippen molar-refractivity contribution in [2.75, 3.05) is 26.2 Å². The molecular formula is C15H20BrN3O. The van der Waals surface area contributed by atoms with Crippen LogP contribution in [0.5, 0.6) is 0 Å². The molecular weight excluding hydrogens is 318 g/mol. The average Bonchev–Trinajstić information content (AvgIpc) is 2.97. The SMILES string of the molecule is O=C(c1cncc(Br)c1)N1CCC(N2CCCCC2)C1. The number of aromatic nitrogens is 1. The zero-order valence-corrected chi connectivity index (χ0v) is 13.2. The molecule has 0 spiro atoms. The van der Waals surface area contributed by atoms with Crippen LogP contribution in [-0.2, 0) is 0 Å². The first kappa shape index (κ1) is 14.0. The molecule has 2 fully saturated rings. The summed E-state index contributed by atoms with van der Waals surface area (Å²) in [6.45, 7) is 4.13. The summed E-state index contributed by atoms with van der Waals surface area (Å²) in [5.74, 6) is 0.110. The zero-order valence-electron chi connectivity index (χ0n) is 11.6. The van der Waals surface area contributed by atoms with Crippen LogP contribution in [0.2, 0.25) is 0 Å². The molecule has 1 atom stereocenters. The van der Waals surface area contributed by atoms with Crippen LogP contribution in [0, 0.1) is 0 Å². The van der Waals surface area contributed by atoms with E-state index >= 15 is 0 Å². The Balaban J connectivity index is 1.63. The molecule has 1 aromatic rings. The van der Waals surface area contributed by atoms with Crippen molar-refractivity contribution in [2.24, 2.45) is 0 Å². The predicted molar refractivity (Wildman–Crippen MR) is 81.7 cm³/mol. The summed E-state index contributed by atoms with van der Waals surface area (Å²) in [7, 11) is 0. The summed E-state index contributed by atoms with van der Waals surface area (Å²) >= 11 is 3.37. The minimum atomic E-state index is 0.110. The van der Waals surface area contributed by atoms with E-state index in [-0.39, 0.29) is 5.91 Å². The smallest absolute Gasteiger partial charge is 0.255 e. The predicted octanol–water partition coefficient (Wildman–Crippen LogP) is 2.54. The van der Waals surface area contributed by atoms with Crippen LogP contribution in [0.25, 0.3) is 0 Å². The van der Waals surface area contributed by atoms with Gasteiger partial charge in [0.15, 0.2) is 0 Å². The first-order chi connectivity index (χ1) is 9.74. The van der Waals surface area contributed by atoms with Gasteiger partial charge < -0.3 is 4.90 Å². The van der Waals surface area contributed by atoms with E-state index < -0.39 is 0 Å². The molecule has 1 amide bonds. The van der Waals surface area contributed by atoms with Gasteiger partial charge in [-0.15, -0.1) is 0 Å². The Morgan fingerprint density at radius 1 is 1.20 bits per heavy atom. The summed E-state index contributed by atoms with van der Waals surface area (Å²) in [6.07, 6.45) is 8.43. The highest BCUT2D eigenvalue weighted by atomic mass is 79.9. The van der Waals surface area contributed by atoms with Gasteiger partial charge in [-0.25, -0.2) is 0 Å². The van der Waals surface area contributed by atoms with Crippen molar-refractivity contribution < 1.29 is 4.79 Å². The minimum absolute atomic E-state index is 0.110. The number of piperidine rings is 1. The number of rotatable bonds is 2. The van der Waals surface area contributed by atoms with Gasteiger partial charge >= 0.3 is 0 Å². The van der Waals surface area contributed by atoms with Gasteiger partial charge in [-0.1, -0.05) is 6.42 Å². The van der Waals surface area contributed by atoms with E-state index in [0.717, 1.165) is 24.0 Å². The lowest BCUT2D eigenvalue weighted by Gasteiger charge is -2.32. The quantitative estimate of drug-likeness (QED) is 0.832. The molecule has 1 unspecified atom stereocenters. The maximum absolute atomic E-state index is 12.5. The highest BCUT2D eigenvalue weighted by molar-refractivity contribution is 9.10. The van der Waals surface area contributed by atoms with E-state index in [1.165, 1.54) is 32.4 Å². The fourth-order valence-corrected chi connectivity index (χ4v) is 3.58. The highest BCUT2D eigenvalue weighted by Gasteiger charge is 2.31. The Hall–Kier alpha value is -0.940. The molecule has 4 nitrogen and oxygen atoms in total. The van der Waals surface area contributed by atoms with Crippen LogP contribution in [0.4, 0.5) is 0 Å². The largest absolute Gasteiger partial charge is 0.337 e. The van der Waals surface area contributed by atoms with Gasteiger partial charge in [-0.05, 0) is 54.3 Å². The number of hydrogen-bond acceptors (Lipinski definition) is 3. The second-order valence-corrected chi connectivity index (χ2v) is 6.60. The molecule has 5 heteroatoms. The van der Waals surface area contributed by atoms with Crippen molar-refractivity contribution >= 4 is 21.8 Å². The van der Waals surface area contributed by atoms with Gasteiger partial charge in [0.25, 0.3) is 5.91 Å². The van der Waals surface area contributed by atoms with Crippen LogP contribution in [0.3, 0.4) is 0 Å². The van der Waals surface area contributed by atoms with Crippen LogP contribution >= 0.6 is 15.9 Å². The first-order valence-corrected chi connectivity index (χ1v) is 8.17. The maximum Gasteiger partial charge on any atom is 0.255 e. The molecule has 3 rings (SSSR count). The van der Waals surface area contributed by atoms with Crippen LogP contribution in [0.1, 0.15) is 36.0 Å². The Morgan fingerprint density at radius 2 is 2.00 bits per heavy atom. The fraction of sp³-hybridized carbons (Fsp3) is 0.600. The Labute approximate surface area is 128 Å². The van der Waals surface area contributed by atoms with Crippen molar-refractivity contribution in [1.82, 2.24) is 14.8 Å². The van der Waals surface area contributed by atoms with Crippen LogP contribution < -0.4 is 0 Å². The summed E-state index contributed by atoms with van der Waals surface area (Å²) < 4.78 is 0.857. The third-order valence-electron chi connectivity index (χ3n) is 4.31. The molecule has 0 bridgehead atoms. The number of carbonyl (C=O) groups is 1. The second-order valence-electron chi connectivity index (χ2n) is 5.68. The first-order valence-electron chi connectivity index (χ1n) is 7.38. The summed E-state index contributed by atoms with van der Waals surface area (Å²) in [6, 6.07) is 2.41. The fourth-order valence-electron chi connectivity index (χ4n) is 3.22. The van der Waals surface area contributed by atoms with E-state index in [9.17, 15) is 4.79 Å². The Bertz CT molecular complexity index is 488. The van der Waals surface area contributed by atoms with Crippen molar-refractivity contribution in [3.8, 4) is 0 Å². The molecule has 0 radical (unpaired) electrons. The maximum atomic E-state index is 12.5. The molecule has 0 saturated carbocycles. The van der Waals surface area contributed by atoms with Gasteiger partial charge in [0.05, 0.1) is 5.56 Å². The molecule has 0 N–H and O–H groups in total. The Kier molecular flexibility index (Phi) is 4.36. The number of carbonyl (C=O) groups excluding carboxylic acids is 1. The van der Waals surface area contributed by atoms with E-state index in [1.807, 2.05) is 11.0 Å². The molecule has 108 valence electrons. The lowest BCUT2D eigenvalue weighted by molar-refractivity contribution is 0.0771. The van der Waals surface area contributed by atoms with Crippen LogP contribution in [-0.4, -0.2) is 52.9 Å². The van der Waals surface area contributed by atoms with E-state index in [1.54, 1.807) is 12.4 Å². The molecule has 0 aliphatic carbocycles. The van der Waals surface area contributed by atoms with Gasteiger partial charge in [-0.3, -0.25) is 14.7 Å². The molecule has 0 aromatic carbocycles.